The van der Waals surface area contributed by atoms with Crippen LogP contribution in [0.4, 0.5) is 5.69 Å². The molecule has 0 radical (unpaired) electrons. The van der Waals surface area contributed by atoms with E-state index in [2.05, 4.69) is 10.4 Å². The summed E-state index contributed by atoms with van der Waals surface area (Å²) < 4.78 is 28.3. The average Bonchev–Trinajstić information content (AvgIpc) is 2.75. The van der Waals surface area contributed by atoms with Crippen LogP contribution in [0, 0.1) is 12.8 Å². The van der Waals surface area contributed by atoms with Gasteiger partial charge >= 0.3 is 5.97 Å². The van der Waals surface area contributed by atoms with E-state index in [4.69, 9.17) is 28.3 Å². The van der Waals surface area contributed by atoms with E-state index in [1.807, 2.05) is 0 Å². The summed E-state index contributed by atoms with van der Waals surface area (Å²) in [5, 5.41) is 15.1. The maximum Gasteiger partial charge on any atom is 0.306 e. The van der Waals surface area contributed by atoms with Gasteiger partial charge in [-0.25, -0.2) is 13.1 Å². The molecule has 1 aromatic heterocycles. The summed E-state index contributed by atoms with van der Waals surface area (Å²) in [4.78, 5) is 35.5. The molecule has 0 saturated carbocycles. The number of carbonyl (C=O) groups excluding carboxylic acids is 1. The van der Waals surface area contributed by atoms with Crippen molar-refractivity contribution in [3.05, 3.63) is 50.4 Å². The molecule has 2 aromatic rings. The normalized spacial score (nSPS) is 15.5. The SMILES string of the molecule is Cc1ccc(NC(=O)Cn2ncc(Cl)c(Cl)c2=O)cc1S(=O)(=O)N1CCC(C(=O)O)CC1. The van der Waals surface area contributed by atoms with Crippen LogP contribution in [0.25, 0.3) is 0 Å². The molecule has 32 heavy (non-hydrogen) atoms. The zero-order valence-electron chi connectivity index (χ0n) is 16.9. The predicted molar refractivity (Wildman–Crippen MR) is 117 cm³/mol. The van der Waals surface area contributed by atoms with E-state index in [0.717, 1.165) is 10.9 Å². The quantitative estimate of drug-likeness (QED) is 0.615. The Morgan fingerprint density at radius 1 is 1.25 bits per heavy atom. The Labute approximate surface area is 193 Å². The predicted octanol–water partition coefficient (Wildman–Crippen LogP) is 1.98. The minimum absolute atomic E-state index is 0.00824. The number of halogens is 2. The third kappa shape index (κ3) is 5.12. The lowest BCUT2D eigenvalue weighted by Crippen LogP contribution is -2.40. The second kappa shape index (κ2) is 9.57. The molecule has 1 aromatic carbocycles. The highest BCUT2D eigenvalue weighted by Gasteiger charge is 2.33. The number of benzene rings is 1. The van der Waals surface area contributed by atoms with Crippen LogP contribution >= 0.6 is 23.2 Å². The van der Waals surface area contributed by atoms with Gasteiger partial charge in [0.15, 0.2) is 0 Å². The largest absolute Gasteiger partial charge is 0.481 e. The number of anilines is 1. The summed E-state index contributed by atoms with van der Waals surface area (Å²) >= 11 is 11.5. The second-order valence-corrected chi connectivity index (χ2v) is 10.0. The van der Waals surface area contributed by atoms with Crippen molar-refractivity contribution in [1.29, 1.82) is 0 Å². The van der Waals surface area contributed by atoms with Crippen molar-refractivity contribution in [3.8, 4) is 0 Å². The van der Waals surface area contributed by atoms with Crippen LogP contribution in [-0.4, -0.2) is 52.6 Å². The van der Waals surface area contributed by atoms with Crippen molar-refractivity contribution in [1.82, 2.24) is 14.1 Å². The zero-order valence-corrected chi connectivity index (χ0v) is 19.2. The molecule has 3 rings (SSSR count). The molecule has 1 saturated heterocycles. The first kappa shape index (κ1) is 24.2. The van der Waals surface area contributed by atoms with Gasteiger partial charge in [-0.2, -0.15) is 9.40 Å². The summed E-state index contributed by atoms with van der Waals surface area (Å²) in [6.07, 6.45) is 1.60. The first-order valence-corrected chi connectivity index (χ1v) is 11.7. The van der Waals surface area contributed by atoms with Crippen LogP contribution in [-0.2, 0) is 26.2 Å². The molecular formula is C19H20Cl2N4O6S. The second-order valence-electron chi connectivity index (χ2n) is 7.31. The number of carboxylic acids is 1. The van der Waals surface area contributed by atoms with Crippen molar-refractivity contribution in [2.75, 3.05) is 18.4 Å². The van der Waals surface area contributed by atoms with E-state index in [0.29, 0.717) is 5.56 Å². The molecule has 10 nitrogen and oxygen atoms in total. The highest BCUT2D eigenvalue weighted by atomic mass is 35.5. The van der Waals surface area contributed by atoms with Gasteiger partial charge < -0.3 is 10.4 Å². The molecule has 0 bridgehead atoms. The van der Waals surface area contributed by atoms with E-state index >= 15 is 0 Å². The molecular weight excluding hydrogens is 483 g/mol. The smallest absolute Gasteiger partial charge is 0.306 e. The number of hydrogen-bond acceptors (Lipinski definition) is 6. The van der Waals surface area contributed by atoms with Gasteiger partial charge in [-0.1, -0.05) is 29.3 Å². The monoisotopic (exact) mass is 502 g/mol. The number of carboxylic acid groups (broad SMARTS) is 1. The molecule has 172 valence electrons. The standard InChI is InChI=1S/C19H20Cl2N4O6S/c1-11-2-3-13(23-16(26)10-25-18(27)17(21)14(20)9-22-25)8-15(11)32(30,31)24-6-4-12(5-7-24)19(28)29/h2-3,8-9,12H,4-7,10H2,1H3,(H,23,26)(H,28,29). The summed E-state index contributed by atoms with van der Waals surface area (Å²) in [7, 11) is -3.89. The van der Waals surface area contributed by atoms with Crippen LogP contribution in [0.1, 0.15) is 18.4 Å². The van der Waals surface area contributed by atoms with Gasteiger partial charge in [0.1, 0.15) is 11.6 Å². The molecule has 1 aliphatic rings. The molecule has 1 amide bonds. The van der Waals surface area contributed by atoms with Crippen molar-refractivity contribution in [3.63, 3.8) is 0 Å². The summed E-state index contributed by atoms with van der Waals surface area (Å²) in [6, 6.07) is 4.42. The molecule has 0 aliphatic carbocycles. The molecule has 2 N–H and O–H groups in total. The van der Waals surface area contributed by atoms with Gasteiger partial charge in [0, 0.05) is 18.8 Å². The Hall–Kier alpha value is -2.47. The van der Waals surface area contributed by atoms with Gasteiger partial charge in [0.2, 0.25) is 15.9 Å². The van der Waals surface area contributed by atoms with Crippen molar-refractivity contribution < 1.29 is 23.1 Å². The number of aryl methyl sites for hydroxylation is 1. The number of rotatable bonds is 6. The summed E-state index contributed by atoms with van der Waals surface area (Å²) in [5.74, 6) is -2.11. The number of nitrogens with one attached hydrogen (secondary N) is 1. The minimum Gasteiger partial charge on any atom is -0.481 e. The lowest BCUT2D eigenvalue weighted by Gasteiger charge is -2.29. The summed E-state index contributed by atoms with van der Waals surface area (Å²) in [5.41, 5.74) is -0.0373. The van der Waals surface area contributed by atoms with E-state index in [-0.39, 0.29) is 46.6 Å². The number of aromatic nitrogens is 2. The van der Waals surface area contributed by atoms with Crippen LogP contribution in [0.2, 0.25) is 10.0 Å². The first-order valence-electron chi connectivity index (χ1n) is 9.55. The maximum absolute atomic E-state index is 13.1. The van der Waals surface area contributed by atoms with Gasteiger partial charge in [-0.15, -0.1) is 0 Å². The third-order valence-corrected chi connectivity index (χ3v) is 7.92. The Kier molecular flexibility index (Phi) is 7.23. The molecule has 1 aliphatic heterocycles. The number of nitrogens with zero attached hydrogens (tertiary/aromatic N) is 3. The summed E-state index contributed by atoms with van der Waals surface area (Å²) in [6.45, 7) is 1.37. The van der Waals surface area contributed by atoms with Crippen molar-refractivity contribution in [2.24, 2.45) is 5.92 Å². The highest BCUT2D eigenvalue weighted by Crippen LogP contribution is 2.27. The highest BCUT2D eigenvalue weighted by molar-refractivity contribution is 7.89. The fourth-order valence-electron chi connectivity index (χ4n) is 3.33. The molecule has 0 atom stereocenters. The van der Waals surface area contributed by atoms with Crippen LogP contribution in [0.5, 0.6) is 0 Å². The van der Waals surface area contributed by atoms with Crippen LogP contribution in [0.15, 0.2) is 34.1 Å². The number of sulfonamides is 1. The number of piperidine rings is 1. The minimum atomic E-state index is -3.89. The average molecular weight is 503 g/mol. The van der Waals surface area contributed by atoms with E-state index in [9.17, 15) is 22.8 Å². The van der Waals surface area contributed by atoms with Gasteiger partial charge in [0.05, 0.1) is 22.0 Å². The zero-order chi connectivity index (χ0) is 23.6. The van der Waals surface area contributed by atoms with E-state index < -0.39 is 39.9 Å². The van der Waals surface area contributed by atoms with E-state index in [1.165, 1.54) is 16.4 Å². The molecule has 2 heterocycles. The topological polar surface area (TPSA) is 139 Å². The van der Waals surface area contributed by atoms with E-state index in [1.54, 1.807) is 13.0 Å². The van der Waals surface area contributed by atoms with Crippen LogP contribution in [0.3, 0.4) is 0 Å². The third-order valence-electron chi connectivity index (χ3n) is 5.13. The fourth-order valence-corrected chi connectivity index (χ4v) is 5.32. The van der Waals surface area contributed by atoms with Crippen molar-refractivity contribution >= 4 is 50.8 Å². The maximum atomic E-state index is 13.1. The Balaban J connectivity index is 1.77. The number of amides is 1. The Morgan fingerprint density at radius 3 is 2.53 bits per heavy atom. The van der Waals surface area contributed by atoms with Gasteiger partial charge in [0.25, 0.3) is 5.56 Å². The molecule has 1 fully saturated rings. The fraction of sp³-hybridized carbons (Fsp3) is 0.368. The number of aliphatic carboxylic acids is 1. The van der Waals surface area contributed by atoms with Gasteiger partial charge in [-0.3, -0.25) is 14.4 Å². The lowest BCUT2D eigenvalue weighted by molar-refractivity contribution is -0.142. The molecule has 0 spiro atoms. The Morgan fingerprint density at radius 2 is 1.91 bits per heavy atom. The Bertz CT molecular complexity index is 1220. The lowest BCUT2D eigenvalue weighted by atomic mass is 9.99. The molecule has 13 heteroatoms. The van der Waals surface area contributed by atoms with Crippen LogP contribution < -0.4 is 10.9 Å². The number of hydrogen-bond donors (Lipinski definition) is 2. The molecule has 0 unspecified atom stereocenters. The number of carbonyl (C=O) groups is 2. The first-order chi connectivity index (χ1) is 15.0. The van der Waals surface area contributed by atoms with Gasteiger partial charge in [-0.05, 0) is 37.5 Å². The van der Waals surface area contributed by atoms with Crippen molar-refractivity contribution in [2.45, 2.75) is 31.2 Å².